The van der Waals surface area contributed by atoms with Gasteiger partial charge in [-0.1, -0.05) is 13.0 Å². The lowest BCUT2D eigenvalue weighted by Gasteiger charge is -2.43. The first-order chi connectivity index (χ1) is 17.7. The van der Waals surface area contributed by atoms with Crippen LogP contribution in [0.4, 0.5) is 8.78 Å². The third-order valence-corrected chi connectivity index (χ3v) is 7.37. The number of phenols is 1. The normalized spacial score (nSPS) is 18.7. The predicted molar refractivity (Wildman–Crippen MR) is 133 cm³/mol. The molecule has 7 nitrogen and oxygen atoms in total. The monoisotopic (exact) mass is 511 g/mol. The summed E-state index contributed by atoms with van der Waals surface area (Å²) < 4.78 is 47.3. The molecule has 1 aromatic heterocycles. The fourth-order valence-electron chi connectivity index (χ4n) is 5.40. The highest BCUT2D eigenvalue weighted by Crippen LogP contribution is 2.51. The van der Waals surface area contributed by atoms with Crippen LogP contribution in [-0.4, -0.2) is 48.2 Å². The van der Waals surface area contributed by atoms with E-state index in [9.17, 15) is 23.8 Å². The number of methoxy groups -OCH3 is 2. The van der Waals surface area contributed by atoms with Gasteiger partial charge >= 0.3 is 5.97 Å². The number of phenolic OH excluding ortho intramolecular Hbond substituents is 1. The third-order valence-electron chi connectivity index (χ3n) is 7.37. The maximum Gasteiger partial charge on any atom is 0.339 e. The zero-order chi connectivity index (χ0) is 26.5. The number of carboxylic acid groups (broad SMARTS) is 1. The van der Waals surface area contributed by atoms with Gasteiger partial charge in [-0.3, -0.25) is 0 Å². The Kier molecular flexibility index (Phi) is 6.19. The molecule has 3 aromatic rings. The van der Waals surface area contributed by atoms with Crippen molar-refractivity contribution in [2.75, 3.05) is 27.4 Å². The molecule has 9 heteroatoms. The number of aromatic hydroxyl groups is 1. The highest BCUT2D eigenvalue weighted by Gasteiger charge is 2.45. The number of hydrogen-bond acceptors (Lipinski definition) is 5. The van der Waals surface area contributed by atoms with Gasteiger partial charge in [-0.15, -0.1) is 0 Å². The number of aromatic carboxylic acids is 1. The summed E-state index contributed by atoms with van der Waals surface area (Å²) in [5.74, 6) is -2.26. The van der Waals surface area contributed by atoms with Crippen molar-refractivity contribution < 1.29 is 38.0 Å². The quantitative estimate of drug-likeness (QED) is 0.413. The van der Waals surface area contributed by atoms with E-state index in [0.717, 1.165) is 11.8 Å². The number of nitrogens with zero attached hydrogens (tertiary/aromatic N) is 1. The lowest BCUT2D eigenvalue weighted by Crippen LogP contribution is -2.48. The lowest BCUT2D eigenvalue weighted by atomic mass is 9.76. The molecular weight excluding hydrogens is 484 g/mol. The molecule has 5 rings (SSSR count). The zero-order valence-electron chi connectivity index (χ0n) is 20.7. The van der Waals surface area contributed by atoms with Crippen molar-refractivity contribution in [3.63, 3.8) is 0 Å². The van der Waals surface area contributed by atoms with Crippen LogP contribution in [0.3, 0.4) is 0 Å². The van der Waals surface area contributed by atoms with E-state index >= 15 is 0 Å². The van der Waals surface area contributed by atoms with Crippen molar-refractivity contribution in [3.8, 4) is 22.6 Å². The first kappa shape index (κ1) is 24.8. The lowest BCUT2D eigenvalue weighted by molar-refractivity contribution is -0.0655. The topological polar surface area (TPSA) is 90.2 Å². The van der Waals surface area contributed by atoms with E-state index in [2.05, 4.69) is 0 Å². The molecule has 1 unspecified atom stereocenters. The maximum absolute atomic E-state index is 14.7. The van der Waals surface area contributed by atoms with Gasteiger partial charge in [-0.05, 0) is 48.8 Å². The van der Waals surface area contributed by atoms with Gasteiger partial charge in [0, 0.05) is 22.7 Å². The molecule has 0 amide bonds. The molecule has 2 heterocycles. The molecule has 1 atom stereocenters. The molecule has 0 radical (unpaired) electrons. The number of benzene rings is 2. The first-order valence-electron chi connectivity index (χ1n) is 11.9. The van der Waals surface area contributed by atoms with Crippen LogP contribution in [0.1, 0.15) is 41.9 Å². The van der Waals surface area contributed by atoms with Gasteiger partial charge in [0.15, 0.2) is 11.6 Å². The SMILES string of the molecule is CCC1(c2c(-c3ccc(C(=O)O)c(OC)c3)c3c(O)cc(F)cc3n2C2C=C(OC)C(F)=CC2)COC1. The third kappa shape index (κ3) is 3.85. The van der Waals surface area contributed by atoms with E-state index < -0.39 is 29.1 Å². The Bertz CT molecular complexity index is 1460. The van der Waals surface area contributed by atoms with Crippen molar-refractivity contribution >= 4 is 16.9 Å². The molecule has 1 saturated heterocycles. The van der Waals surface area contributed by atoms with Gasteiger partial charge in [0.2, 0.25) is 0 Å². The minimum Gasteiger partial charge on any atom is -0.507 e. The Labute approximate surface area is 212 Å². The minimum atomic E-state index is -1.14. The Morgan fingerprint density at radius 2 is 1.95 bits per heavy atom. The van der Waals surface area contributed by atoms with Gasteiger partial charge in [0.25, 0.3) is 0 Å². The summed E-state index contributed by atoms with van der Waals surface area (Å²) in [7, 11) is 2.77. The summed E-state index contributed by atoms with van der Waals surface area (Å²) >= 11 is 0. The molecule has 0 bridgehead atoms. The average Bonchev–Trinajstić information content (AvgIpc) is 3.19. The second-order valence-corrected chi connectivity index (χ2v) is 9.35. The Balaban J connectivity index is 1.90. The van der Waals surface area contributed by atoms with Crippen LogP contribution in [0.15, 0.2) is 54.1 Å². The molecule has 37 heavy (non-hydrogen) atoms. The summed E-state index contributed by atoms with van der Waals surface area (Å²) in [6, 6.07) is 6.66. The molecule has 0 spiro atoms. The summed E-state index contributed by atoms with van der Waals surface area (Å²) in [5, 5.41) is 21.0. The van der Waals surface area contributed by atoms with Crippen molar-refractivity contribution in [2.24, 2.45) is 0 Å². The predicted octanol–water partition coefficient (Wildman–Crippen LogP) is 5.87. The number of halogens is 2. The van der Waals surface area contributed by atoms with Crippen LogP contribution in [-0.2, 0) is 14.9 Å². The number of hydrogen-bond donors (Lipinski definition) is 2. The van der Waals surface area contributed by atoms with Gasteiger partial charge in [-0.25, -0.2) is 13.6 Å². The summed E-state index contributed by atoms with van der Waals surface area (Å²) in [5.41, 5.74) is 1.94. The van der Waals surface area contributed by atoms with Crippen LogP contribution in [0.5, 0.6) is 11.5 Å². The van der Waals surface area contributed by atoms with E-state index in [1.807, 2.05) is 11.5 Å². The van der Waals surface area contributed by atoms with Crippen LogP contribution >= 0.6 is 0 Å². The van der Waals surface area contributed by atoms with Crippen LogP contribution in [0.2, 0.25) is 0 Å². The van der Waals surface area contributed by atoms with Crippen LogP contribution < -0.4 is 4.74 Å². The molecule has 194 valence electrons. The maximum atomic E-state index is 14.7. The second kappa shape index (κ2) is 9.23. The number of fused-ring (bicyclic) bond motifs is 1. The number of carbonyl (C=O) groups is 1. The molecule has 2 aliphatic rings. The molecule has 2 N–H and O–H groups in total. The number of aromatic nitrogens is 1. The van der Waals surface area contributed by atoms with Crippen molar-refractivity contribution in [1.82, 2.24) is 4.57 Å². The number of allylic oxidation sites excluding steroid dienone is 3. The Morgan fingerprint density at radius 3 is 2.54 bits per heavy atom. The van der Waals surface area contributed by atoms with Crippen LogP contribution in [0, 0.1) is 5.82 Å². The van der Waals surface area contributed by atoms with E-state index in [1.165, 1.54) is 32.4 Å². The molecule has 1 aliphatic heterocycles. The van der Waals surface area contributed by atoms with E-state index in [1.54, 1.807) is 18.2 Å². The average molecular weight is 512 g/mol. The highest BCUT2D eigenvalue weighted by molar-refractivity contribution is 6.04. The van der Waals surface area contributed by atoms with Gasteiger partial charge < -0.3 is 29.0 Å². The van der Waals surface area contributed by atoms with Gasteiger partial charge in [0.1, 0.15) is 22.9 Å². The highest BCUT2D eigenvalue weighted by atomic mass is 19.1. The zero-order valence-corrected chi connectivity index (χ0v) is 20.7. The molecule has 2 aromatic carbocycles. The summed E-state index contributed by atoms with van der Waals surface area (Å²) in [4.78, 5) is 11.7. The fraction of sp³-hybridized carbons (Fsp3) is 0.321. The first-order valence-corrected chi connectivity index (χ1v) is 11.9. The Morgan fingerprint density at radius 1 is 1.19 bits per heavy atom. The van der Waals surface area contributed by atoms with Crippen LogP contribution in [0.25, 0.3) is 22.0 Å². The summed E-state index contributed by atoms with van der Waals surface area (Å²) in [6.45, 7) is 2.83. The molecule has 0 saturated carbocycles. The smallest absolute Gasteiger partial charge is 0.339 e. The largest absolute Gasteiger partial charge is 0.507 e. The van der Waals surface area contributed by atoms with E-state index in [4.69, 9.17) is 14.2 Å². The fourth-order valence-corrected chi connectivity index (χ4v) is 5.40. The second-order valence-electron chi connectivity index (χ2n) is 9.35. The standard InChI is InChI=1S/C28H27F2NO6/c1-4-28(13-37-14-28)26-24(15-5-7-18(27(33)34)22(9-15)35-2)25-20(10-16(29)11-21(25)32)31(26)17-6-8-19(30)23(12-17)36-3/h5,7-12,17,32H,4,6,13-14H2,1-3H3,(H,33,34). The van der Waals surface area contributed by atoms with Crippen molar-refractivity contribution in [2.45, 2.75) is 31.2 Å². The van der Waals surface area contributed by atoms with E-state index in [-0.39, 0.29) is 29.2 Å². The molecular formula is C28H27F2NO6. The van der Waals surface area contributed by atoms with Gasteiger partial charge in [-0.2, -0.15) is 0 Å². The number of carboxylic acids is 1. The van der Waals surface area contributed by atoms with Crippen molar-refractivity contribution in [1.29, 1.82) is 0 Å². The summed E-state index contributed by atoms with van der Waals surface area (Å²) in [6.07, 6.45) is 4.05. The molecule has 1 aliphatic carbocycles. The van der Waals surface area contributed by atoms with Gasteiger partial charge in [0.05, 0.1) is 44.4 Å². The number of rotatable bonds is 7. The van der Waals surface area contributed by atoms with E-state index in [0.29, 0.717) is 41.7 Å². The molecule has 1 fully saturated rings. The van der Waals surface area contributed by atoms with Crippen molar-refractivity contribution in [3.05, 3.63) is 71.1 Å². The minimum absolute atomic E-state index is 0.00968. The Hall–Kier alpha value is -3.85. The number of ether oxygens (including phenoxy) is 3.